The summed E-state index contributed by atoms with van der Waals surface area (Å²) < 4.78 is 5.27. The summed E-state index contributed by atoms with van der Waals surface area (Å²) in [5.41, 5.74) is 9.75. The molecule has 0 unspecified atom stereocenters. The van der Waals surface area contributed by atoms with Crippen molar-refractivity contribution in [3.63, 3.8) is 0 Å². The molecule has 0 heterocycles. The van der Waals surface area contributed by atoms with Gasteiger partial charge in [-0.1, -0.05) is 6.07 Å². The Labute approximate surface area is 95.6 Å². The lowest BCUT2D eigenvalue weighted by Gasteiger charge is -2.12. The number of anilines is 1. The first kappa shape index (κ1) is 11.0. The first-order chi connectivity index (χ1) is 7.59. The van der Waals surface area contributed by atoms with Crippen LogP contribution in [-0.2, 0) is 16.1 Å². The molecule has 0 aliphatic heterocycles. The van der Waals surface area contributed by atoms with Crippen LogP contribution in [0.25, 0.3) is 0 Å². The number of hydrogen-bond acceptors (Lipinski definition) is 3. The lowest BCUT2D eigenvalue weighted by atomic mass is 10.0. The maximum atomic E-state index is 11.4. The maximum Gasteiger partial charge on any atom is 0.309 e. The van der Waals surface area contributed by atoms with E-state index < -0.39 is 0 Å². The zero-order chi connectivity index (χ0) is 11.7. The molecule has 3 nitrogen and oxygen atoms in total. The summed E-state index contributed by atoms with van der Waals surface area (Å²) in [5.74, 6) is 0.0860. The van der Waals surface area contributed by atoms with E-state index in [1.165, 1.54) is 0 Å². The fourth-order valence-corrected chi connectivity index (χ4v) is 1.71. The highest BCUT2D eigenvalue weighted by Gasteiger charge is 2.31. The average Bonchev–Trinajstić information content (AvgIpc) is 3.07. The summed E-state index contributed by atoms with van der Waals surface area (Å²) in [4.78, 5) is 11.4. The van der Waals surface area contributed by atoms with Crippen molar-refractivity contribution in [2.24, 2.45) is 5.92 Å². The van der Waals surface area contributed by atoms with Crippen LogP contribution in [0.3, 0.4) is 0 Å². The number of nitrogens with two attached hydrogens (primary N) is 1. The van der Waals surface area contributed by atoms with E-state index in [0.29, 0.717) is 6.61 Å². The fraction of sp³-hybridized carbons (Fsp3) is 0.462. The Morgan fingerprint density at radius 2 is 2.12 bits per heavy atom. The summed E-state index contributed by atoms with van der Waals surface area (Å²) in [5, 5.41) is 0. The summed E-state index contributed by atoms with van der Waals surface area (Å²) in [6.07, 6.45) is 1.96. The zero-order valence-corrected chi connectivity index (χ0v) is 9.75. The highest BCUT2D eigenvalue weighted by Crippen LogP contribution is 2.31. The molecule has 1 aliphatic carbocycles. The van der Waals surface area contributed by atoms with Crippen LogP contribution in [0, 0.1) is 19.8 Å². The highest BCUT2D eigenvalue weighted by atomic mass is 16.5. The van der Waals surface area contributed by atoms with Gasteiger partial charge in [0.25, 0.3) is 0 Å². The van der Waals surface area contributed by atoms with Crippen LogP contribution in [0.4, 0.5) is 5.69 Å². The molecule has 0 spiro atoms. The minimum Gasteiger partial charge on any atom is -0.461 e. The van der Waals surface area contributed by atoms with Crippen LogP contribution in [0.5, 0.6) is 0 Å². The van der Waals surface area contributed by atoms with Crippen molar-refractivity contribution in [3.8, 4) is 0 Å². The minimum absolute atomic E-state index is 0.0683. The molecular weight excluding hydrogens is 202 g/mol. The fourth-order valence-electron chi connectivity index (χ4n) is 1.71. The van der Waals surface area contributed by atoms with E-state index >= 15 is 0 Å². The monoisotopic (exact) mass is 219 g/mol. The summed E-state index contributed by atoms with van der Waals surface area (Å²) in [6.45, 7) is 4.31. The molecule has 0 atom stereocenters. The van der Waals surface area contributed by atoms with Gasteiger partial charge in [-0.05, 0) is 49.4 Å². The van der Waals surface area contributed by atoms with Gasteiger partial charge in [-0.3, -0.25) is 4.79 Å². The summed E-state index contributed by atoms with van der Waals surface area (Å²) in [6, 6.07) is 3.85. The van der Waals surface area contributed by atoms with Gasteiger partial charge in [-0.25, -0.2) is 0 Å². The van der Waals surface area contributed by atoms with Gasteiger partial charge in [-0.2, -0.15) is 0 Å². The molecule has 2 rings (SSSR count). The Kier molecular flexibility index (Phi) is 2.86. The van der Waals surface area contributed by atoms with Crippen LogP contribution in [0.15, 0.2) is 12.1 Å². The van der Waals surface area contributed by atoms with Crippen molar-refractivity contribution in [2.45, 2.75) is 33.3 Å². The van der Waals surface area contributed by atoms with E-state index in [-0.39, 0.29) is 11.9 Å². The maximum absolute atomic E-state index is 11.4. The first-order valence-corrected chi connectivity index (χ1v) is 5.61. The van der Waals surface area contributed by atoms with E-state index in [4.69, 9.17) is 10.5 Å². The predicted molar refractivity (Wildman–Crippen MR) is 62.8 cm³/mol. The van der Waals surface area contributed by atoms with Gasteiger partial charge < -0.3 is 10.5 Å². The molecule has 0 amide bonds. The molecule has 3 heteroatoms. The van der Waals surface area contributed by atoms with Gasteiger partial charge in [0.1, 0.15) is 6.61 Å². The van der Waals surface area contributed by atoms with Crippen molar-refractivity contribution in [1.82, 2.24) is 0 Å². The van der Waals surface area contributed by atoms with Crippen LogP contribution < -0.4 is 5.73 Å². The molecule has 1 saturated carbocycles. The van der Waals surface area contributed by atoms with E-state index in [1.54, 1.807) is 0 Å². The van der Waals surface area contributed by atoms with Crippen LogP contribution in [0.1, 0.15) is 29.5 Å². The minimum atomic E-state index is -0.0683. The number of ether oxygens (including phenoxy) is 1. The third-order valence-electron chi connectivity index (χ3n) is 3.14. The van der Waals surface area contributed by atoms with Gasteiger partial charge in [0.15, 0.2) is 0 Å². The first-order valence-electron chi connectivity index (χ1n) is 5.61. The van der Waals surface area contributed by atoms with Crippen molar-refractivity contribution < 1.29 is 9.53 Å². The molecule has 86 valence electrons. The van der Waals surface area contributed by atoms with Crippen molar-refractivity contribution in [3.05, 3.63) is 28.8 Å². The Bertz CT molecular complexity index is 422. The number of esters is 1. The van der Waals surface area contributed by atoms with Crippen LogP contribution in [-0.4, -0.2) is 5.97 Å². The van der Waals surface area contributed by atoms with E-state index in [0.717, 1.165) is 35.2 Å². The molecule has 2 N–H and O–H groups in total. The molecule has 1 fully saturated rings. The Balaban J connectivity index is 2.08. The number of benzene rings is 1. The molecule has 1 aromatic carbocycles. The Morgan fingerprint density at radius 3 is 2.75 bits per heavy atom. The van der Waals surface area contributed by atoms with Gasteiger partial charge >= 0.3 is 5.97 Å². The number of nitrogen functional groups attached to an aromatic ring is 1. The van der Waals surface area contributed by atoms with Crippen molar-refractivity contribution in [1.29, 1.82) is 0 Å². The van der Waals surface area contributed by atoms with E-state index in [9.17, 15) is 4.79 Å². The number of aryl methyl sites for hydroxylation is 1. The second kappa shape index (κ2) is 4.16. The highest BCUT2D eigenvalue weighted by molar-refractivity contribution is 5.75. The Hall–Kier alpha value is -1.51. The third-order valence-corrected chi connectivity index (χ3v) is 3.14. The topological polar surface area (TPSA) is 52.3 Å². The van der Waals surface area contributed by atoms with Crippen molar-refractivity contribution in [2.75, 3.05) is 5.73 Å². The quantitative estimate of drug-likeness (QED) is 0.627. The normalized spacial score (nSPS) is 14.9. The standard InChI is InChI=1S/C13H17NO2/c1-8-3-6-12(14)9(2)11(8)7-16-13(15)10-4-5-10/h3,6,10H,4-5,7,14H2,1-2H3. The van der Waals surface area contributed by atoms with Gasteiger partial charge in [0.2, 0.25) is 0 Å². The number of carbonyl (C=O) groups is 1. The number of hydrogen-bond donors (Lipinski definition) is 1. The van der Waals surface area contributed by atoms with Crippen molar-refractivity contribution >= 4 is 11.7 Å². The molecular formula is C13H17NO2. The largest absolute Gasteiger partial charge is 0.461 e. The molecule has 1 aromatic rings. The van der Waals surface area contributed by atoms with Crippen LogP contribution >= 0.6 is 0 Å². The second-order valence-electron chi connectivity index (χ2n) is 4.46. The van der Waals surface area contributed by atoms with Gasteiger partial charge in [0.05, 0.1) is 5.92 Å². The van der Waals surface area contributed by atoms with E-state index in [2.05, 4.69) is 0 Å². The molecule has 0 saturated heterocycles. The number of rotatable bonds is 3. The molecule has 0 aromatic heterocycles. The molecule has 1 aliphatic rings. The lowest BCUT2D eigenvalue weighted by molar-refractivity contribution is -0.146. The summed E-state index contributed by atoms with van der Waals surface area (Å²) in [7, 11) is 0. The molecule has 0 bridgehead atoms. The summed E-state index contributed by atoms with van der Waals surface area (Å²) >= 11 is 0. The zero-order valence-electron chi connectivity index (χ0n) is 9.75. The number of carbonyl (C=O) groups excluding carboxylic acids is 1. The molecule has 16 heavy (non-hydrogen) atoms. The van der Waals surface area contributed by atoms with Gasteiger partial charge in [-0.15, -0.1) is 0 Å². The lowest BCUT2D eigenvalue weighted by Crippen LogP contribution is -2.08. The third kappa shape index (κ3) is 2.18. The Morgan fingerprint density at radius 1 is 1.44 bits per heavy atom. The molecule has 0 radical (unpaired) electrons. The second-order valence-corrected chi connectivity index (χ2v) is 4.46. The predicted octanol–water partition coefficient (Wildman–Crippen LogP) is 2.34. The van der Waals surface area contributed by atoms with Gasteiger partial charge in [0, 0.05) is 5.69 Å². The van der Waals surface area contributed by atoms with Crippen LogP contribution in [0.2, 0.25) is 0 Å². The average molecular weight is 219 g/mol. The SMILES string of the molecule is Cc1ccc(N)c(C)c1COC(=O)C1CC1. The van der Waals surface area contributed by atoms with E-state index in [1.807, 2.05) is 26.0 Å². The smallest absolute Gasteiger partial charge is 0.309 e.